The summed E-state index contributed by atoms with van der Waals surface area (Å²) < 4.78 is 5.58. The number of hydrogen-bond acceptors (Lipinski definition) is 4. The smallest absolute Gasteiger partial charge is 0.244 e. The van der Waals surface area contributed by atoms with E-state index in [1.165, 1.54) is 0 Å². The highest BCUT2D eigenvalue weighted by Crippen LogP contribution is 2.52. The van der Waals surface area contributed by atoms with Gasteiger partial charge >= 0.3 is 0 Å². The molecule has 1 aromatic heterocycles. The van der Waals surface area contributed by atoms with Gasteiger partial charge in [0.1, 0.15) is 11.6 Å². The zero-order valence-corrected chi connectivity index (χ0v) is 12.8. The highest BCUT2D eigenvalue weighted by atomic mass is 16.5. The van der Waals surface area contributed by atoms with E-state index in [2.05, 4.69) is 30.1 Å². The molecule has 1 aliphatic heterocycles. The molecule has 1 aliphatic rings. The molecule has 0 saturated carbocycles. The number of benzene rings is 1. The maximum Gasteiger partial charge on any atom is 0.244 e. The lowest BCUT2D eigenvalue weighted by atomic mass is 9.62. The van der Waals surface area contributed by atoms with E-state index >= 15 is 0 Å². The molecule has 22 heavy (non-hydrogen) atoms. The monoisotopic (exact) mass is 294 g/mol. The number of aryl methyl sites for hydroxylation is 1. The Morgan fingerprint density at radius 2 is 2.00 bits per heavy atom. The minimum absolute atomic E-state index is 0.0991. The van der Waals surface area contributed by atoms with Crippen LogP contribution < -0.4 is 10.5 Å². The number of nitrogens with one attached hydrogen (secondary N) is 1. The van der Waals surface area contributed by atoms with Gasteiger partial charge in [-0.2, -0.15) is 5.26 Å². The van der Waals surface area contributed by atoms with Gasteiger partial charge in [-0.25, -0.2) is 0 Å². The average molecular weight is 294 g/mol. The predicted molar refractivity (Wildman–Crippen MR) is 82.8 cm³/mol. The van der Waals surface area contributed by atoms with Crippen LogP contribution in [-0.2, 0) is 5.41 Å². The number of ether oxygens (including phenoxy) is 1. The third-order valence-electron chi connectivity index (χ3n) is 4.36. The van der Waals surface area contributed by atoms with Crippen LogP contribution >= 0.6 is 0 Å². The van der Waals surface area contributed by atoms with Gasteiger partial charge in [-0.1, -0.05) is 44.2 Å². The molecule has 3 rings (SSSR count). The highest BCUT2D eigenvalue weighted by molar-refractivity contribution is 5.61. The minimum Gasteiger partial charge on any atom is -0.420 e. The van der Waals surface area contributed by atoms with Gasteiger partial charge < -0.3 is 10.5 Å². The predicted octanol–water partition coefficient (Wildman–Crippen LogP) is 2.75. The molecular formula is C17H18N4O. The number of H-pyrrole nitrogens is 1. The molecule has 112 valence electrons. The van der Waals surface area contributed by atoms with Crippen molar-refractivity contribution in [2.24, 2.45) is 11.7 Å². The third-order valence-corrected chi connectivity index (χ3v) is 4.36. The zero-order valence-electron chi connectivity index (χ0n) is 12.8. The van der Waals surface area contributed by atoms with E-state index in [4.69, 9.17) is 10.5 Å². The fourth-order valence-electron chi connectivity index (χ4n) is 3.46. The van der Waals surface area contributed by atoms with Gasteiger partial charge in [0.2, 0.25) is 11.8 Å². The van der Waals surface area contributed by atoms with Crippen LogP contribution in [0.3, 0.4) is 0 Å². The lowest BCUT2D eigenvalue weighted by Gasteiger charge is -2.40. The number of nitriles is 1. The summed E-state index contributed by atoms with van der Waals surface area (Å²) in [4.78, 5) is 0. The van der Waals surface area contributed by atoms with Crippen LogP contribution in [0.25, 0.3) is 0 Å². The van der Waals surface area contributed by atoms with E-state index in [1.54, 1.807) is 0 Å². The zero-order chi connectivity index (χ0) is 15.9. The van der Waals surface area contributed by atoms with E-state index in [9.17, 15) is 5.26 Å². The van der Waals surface area contributed by atoms with Crippen molar-refractivity contribution in [3.05, 3.63) is 58.6 Å². The van der Waals surface area contributed by atoms with Crippen LogP contribution in [0.15, 0.2) is 41.8 Å². The van der Waals surface area contributed by atoms with Crippen molar-refractivity contribution < 1.29 is 4.74 Å². The molecule has 0 amide bonds. The normalized spacial score (nSPS) is 20.5. The number of hydrogen-bond donors (Lipinski definition) is 2. The first-order valence-corrected chi connectivity index (χ1v) is 7.22. The van der Waals surface area contributed by atoms with Crippen LogP contribution in [0.1, 0.15) is 30.7 Å². The van der Waals surface area contributed by atoms with Crippen LogP contribution in [0.4, 0.5) is 0 Å². The van der Waals surface area contributed by atoms with E-state index in [0.717, 1.165) is 16.8 Å². The number of aromatic nitrogens is 2. The van der Waals surface area contributed by atoms with Gasteiger partial charge in [-0.15, -0.1) is 5.10 Å². The number of nitrogens with zero attached hydrogens (tertiary/aromatic N) is 2. The standard InChI is InChI=1S/C17H18N4O/c1-10(2)17(12-7-5-4-6-8-12)13(9-18)15(19)22-16-14(17)11(3)20-21-16/h4-8,10H,19H2,1-3H3,(H,20,21). The molecule has 0 spiro atoms. The van der Waals surface area contributed by atoms with Gasteiger partial charge in [0.15, 0.2) is 0 Å². The van der Waals surface area contributed by atoms with Crippen LogP contribution in [-0.4, -0.2) is 10.2 Å². The van der Waals surface area contributed by atoms with E-state index in [0.29, 0.717) is 11.5 Å². The second kappa shape index (κ2) is 4.92. The topological polar surface area (TPSA) is 87.7 Å². The van der Waals surface area contributed by atoms with Crippen LogP contribution in [0.2, 0.25) is 0 Å². The number of allylic oxidation sites excluding steroid dienone is 1. The van der Waals surface area contributed by atoms with Crippen molar-refractivity contribution in [3.63, 3.8) is 0 Å². The van der Waals surface area contributed by atoms with Crippen LogP contribution in [0, 0.1) is 24.2 Å². The Morgan fingerprint density at radius 3 is 2.59 bits per heavy atom. The van der Waals surface area contributed by atoms with E-state index in [1.807, 2.05) is 37.3 Å². The summed E-state index contributed by atoms with van der Waals surface area (Å²) in [6, 6.07) is 12.2. The molecule has 2 aromatic rings. The van der Waals surface area contributed by atoms with Crippen molar-refractivity contribution in [2.45, 2.75) is 26.2 Å². The number of nitrogens with two attached hydrogens (primary N) is 1. The fourth-order valence-corrected chi connectivity index (χ4v) is 3.46. The molecule has 0 fully saturated rings. The molecule has 1 unspecified atom stereocenters. The first kappa shape index (κ1) is 14.2. The van der Waals surface area contributed by atoms with E-state index < -0.39 is 5.41 Å². The van der Waals surface area contributed by atoms with Gasteiger partial charge in [0, 0.05) is 5.69 Å². The maximum atomic E-state index is 9.76. The fraction of sp³-hybridized carbons (Fsp3) is 0.294. The van der Waals surface area contributed by atoms with Crippen molar-refractivity contribution in [3.8, 4) is 11.9 Å². The summed E-state index contributed by atoms with van der Waals surface area (Å²) in [5, 5.41) is 16.9. The molecule has 5 heteroatoms. The van der Waals surface area contributed by atoms with Crippen molar-refractivity contribution in [1.82, 2.24) is 10.2 Å². The van der Waals surface area contributed by atoms with Gasteiger partial charge in [-0.3, -0.25) is 5.10 Å². The Labute approximate surface area is 129 Å². The number of rotatable bonds is 2. The van der Waals surface area contributed by atoms with Gasteiger partial charge in [0.25, 0.3) is 0 Å². The number of fused-ring (bicyclic) bond motifs is 1. The lowest BCUT2D eigenvalue weighted by molar-refractivity contribution is 0.323. The van der Waals surface area contributed by atoms with Crippen LogP contribution in [0.5, 0.6) is 5.88 Å². The minimum atomic E-state index is -0.662. The van der Waals surface area contributed by atoms with Gasteiger partial charge in [0.05, 0.1) is 11.0 Å². The summed E-state index contributed by atoms with van der Waals surface area (Å²) in [5.41, 5.74) is 8.60. The summed E-state index contributed by atoms with van der Waals surface area (Å²) in [7, 11) is 0. The Kier molecular flexibility index (Phi) is 3.18. The molecule has 5 nitrogen and oxygen atoms in total. The quantitative estimate of drug-likeness (QED) is 0.891. The molecule has 1 atom stereocenters. The molecule has 0 bridgehead atoms. The number of aromatic amines is 1. The Hall–Kier alpha value is -2.74. The molecule has 0 aliphatic carbocycles. The molecule has 0 saturated heterocycles. The summed E-state index contributed by atoms with van der Waals surface area (Å²) >= 11 is 0. The third kappa shape index (κ3) is 1.67. The molecular weight excluding hydrogens is 276 g/mol. The molecule has 2 heterocycles. The molecule has 1 aromatic carbocycles. The Bertz CT molecular complexity index is 783. The van der Waals surface area contributed by atoms with Gasteiger partial charge in [-0.05, 0) is 18.4 Å². The Morgan fingerprint density at radius 1 is 1.32 bits per heavy atom. The second-order valence-electron chi connectivity index (χ2n) is 5.81. The average Bonchev–Trinajstić information content (AvgIpc) is 2.87. The summed E-state index contributed by atoms with van der Waals surface area (Å²) in [6.45, 7) is 6.10. The SMILES string of the molecule is Cc1[nH]nc2c1C(c1ccccc1)(C(C)C)C(C#N)=C(N)O2. The van der Waals surface area contributed by atoms with Crippen molar-refractivity contribution in [1.29, 1.82) is 5.26 Å². The van der Waals surface area contributed by atoms with E-state index in [-0.39, 0.29) is 11.8 Å². The maximum absolute atomic E-state index is 9.76. The summed E-state index contributed by atoms with van der Waals surface area (Å²) in [5.74, 6) is 0.674. The first-order chi connectivity index (χ1) is 10.5. The first-order valence-electron chi connectivity index (χ1n) is 7.22. The largest absolute Gasteiger partial charge is 0.420 e. The Balaban J connectivity index is 2.45. The molecule has 3 N–H and O–H groups in total. The highest BCUT2D eigenvalue weighted by Gasteiger charge is 2.50. The summed E-state index contributed by atoms with van der Waals surface area (Å²) in [6.07, 6.45) is 0. The van der Waals surface area contributed by atoms with Crippen molar-refractivity contribution in [2.75, 3.05) is 0 Å². The lowest BCUT2D eigenvalue weighted by Crippen LogP contribution is -2.41. The second-order valence-corrected chi connectivity index (χ2v) is 5.81. The van der Waals surface area contributed by atoms with Crippen molar-refractivity contribution >= 4 is 0 Å². The molecule has 0 radical (unpaired) electrons.